The summed E-state index contributed by atoms with van der Waals surface area (Å²) in [5.41, 5.74) is 2.24. The van der Waals surface area contributed by atoms with Crippen molar-refractivity contribution >= 4 is 11.6 Å². The molecule has 8 heteroatoms. The van der Waals surface area contributed by atoms with Crippen molar-refractivity contribution in [3.8, 4) is 11.4 Å². The highest BCUT2D eigenvalue weighted by atomic mass is 19.4. The molecule has 1 amide bonds. The summed E-state index contributed by atoms with van der Waals surface area (Å²) >= 11 is 0. The van der Waals surface area contributed by atoms with E-state index in [1.165, 1.54) is 12.1 Å². The largest absolute Gasteiger partial charge is 0.393 e. The predicted octanol–water partition coefficient (Wildman–Crippen LogP) is 4.67. The Labute approximate surface area is 165 Å². The van der Waals surface area contributed by atoms with E-state index in [0.717, 1.165) is 11.3 Å². The normalized spacial score (nSPS) is 17.2. The quantitative estimate of drug-likeness (QED) is 0.638. The Morgan fingerprint density at radius 3 is 2.59 bits per heavy atom. The first-order valence-corrected chi connectivity index (χ1v) is 9.16. The van der Waals surface area contributed by atoms with Crippen molar-refractivity contribution in [1.82, 2.24) is 10.1 Å². The Bertz CT molecular complexity index is 1030. The monoisotopic (exact) mass is 401 g/mol. The van der Waals surface area contributed by atoms with Gasteiger partial charge in [-0.05, 0) is 24.6 Å². The lowest BCUT2D eigenvalue weighted by Crippen LogP contribution is -2.24. The zero-order valence-corrected chi connectivity index (χ0v) is 15.6. The van der Waals surface area contributed by atoms with E-state index in [9.17, 15) is 18.0 Å². The van der Waals surface area contributed by atoms with Crippen LogP contribution in [-0.2, 0) is 11.2 Å². The molecule has 0 radical (unpaired) electrons. The van der Waals surface area contributed by atoms with Crippen LogP contribution >= 0.6 is 0 Å². The second-order valence-corrected chi connectivity index (χ2v) is 7.15. The first-order valence-electron chi connectivity index (χ1n) is 9.16. The molecular formula is C21H18F3N3O2. The molecule has 0 N–H and O–H groups in total. The number of carbonyl (C=O) groups is 1. The van der Waals surface area contributed by atoms with Crippen LogP contribution in [0.25, 0.3) is 11.4 Å². The first kappa shape index (κ1) is 19.2. The summed E-state index contributed by atoms with van der Waals surface area (Å²) in [6.45, 7) is 2.35. The van der Waals surface area contributed by atoms with Gasteiger partial charge in [0.05, 0.1) is 12.3 Å². The first-order chi connectivity index (χ1) is 13.8. The average Bonchev–Trinajstić information content (AvgIpc) is 3.28. The Morgan fingerprint density at radius 2 is 1.86 bits per heavy atom. The van der Waals surface area contributed by atoms with Crippen LogP contribution in [-0.4, -0.2) is 28.8 Å². The number of carbonyl (C=O) groups excluding carboxylic acids is 1. The summed E-state index contributed by atoms with van der Waals surface area (Å²) in [6.07, 6.45) is -5.20. The summed E-state index contributed by atoms with van der Waals surface area (Å²) in [7, 11) is 0. The number of amides is 1. The molecule has 5 nitrogen and oxygen atoms in total. The smallest absolute Gasteiger partial charge is 0.339 e. The van der Waals surface area contributed by atoms with Gasteiger partial charge in [-0.1, -0.05) is 47.1 Å². The second-order valence-electron chi connectivity index (χ2n) is 7.15. The van der Waals surface area contributed by atoms with Crippen LogP contribution in [0.2, 0.25) is 0 Å². The molecule has 1 saturated heterocycles. The van der Waals surface area contributed by atoms with E-state index in [4.69, 9.17) is 4.52 Å². The van der Waals surface area contributed by atoms with Crippen LogP contribution in [0.5, 0.6) is 0 Å². The maximum absolute atomic E-state index is 12.9. The molecule has 150 valence electrons. The van der Waals surface area contributed by atoms with E-state index in [1.807, 2.05) is 31.2 Å². The van der Waals surface area contributed by atoms with Crippen molar-refractivity contribution in [3.63, 3.8) is 0 Å². The summed E-state index contributed by atoms with van der Waals surface area (Å²) in [5.74, 6) is -0.0123. The molecule has 3 aromatic rings. The van der Waals surface area contributed by atoms with Crippen molar-refractivity contribution in [2.45, 2.75) is 31.9 Å². The maximum Gasteiger partial charge on any atom is 0.393 e. The van der Waals surface area contributed by atoms with Crippen molar-refractivity contribution in [2.75, 3.05) is 11.4 Å². The summed E-state index contributed by atoms with van der Waals surface area (Å²) in [4.78, 5) is 18.4. The fraction of sp³-hybridized carbons (Fsp3) is 0.286. The third-order valence-corrected chi connectivity index (χ3v) is 4.91. The zero-order valence-electron chi connectivity index (χ0n) is 15.6. The highest BCUT2D eigenvalue weighted by molar-refractivity contribution is 5.96. The minimum absolute atomic E-state index is 0.0592. The van der Waals surface area contributed by atoms with Crippen LogP contribution in [0, 0.1) is 6.92 Å². The molecule has 1 aliphatic rings. The molecule has 4 rings (SSSR count). The molecule has 0 aliphatic carbocycles. The average molecular weight is 401 g/mol. The van der Waals surface area contributed by atoms with Gasteiger partial charge in [-0.25, -0.2) is 0 Å². The molecule has 2 aromatic carbocycles. The SMILES string of the molecule is Cc1ccc(N2CC(c3nc(-c4ccccc4CC(F)(F)F)no3)CC2=O)cc1. The second kappa shape index (κ2) is 7.35. The van der Waals surface area contributed by atoms with Gasteiger partial charge < -0.3 is 9.42 Å². The molecule has 0 saturated carbocycles. The molecule has 0 spiro atoms. The number of rotatable bonds is 4. The zero-order chi connectivity index (χ0) is 20.6. The van der Waals surface area contributed by atoms with Crippen molar-refractivity contribution in [1.29, 1.82) is 0 Å². The van der Waals surface area contributed by atoms with Crippen molar-refractivity contribution in [2.24, 2.45) is 0 Å². The fourth-order valence-electron chi connectivity index (χ4n) is 3.47. The molecule has 1 atom stereocenters. The summed E-state index contributed by atoms with van der Waals surface area (Å²) in [6, 6.07) is 13.7. The maximum atomic E-state index is 12.9. The summed E-state index contributed by atoms with van der Waals surface area (Å²) < 4.78 is 43.9. The van der Waals surface area contributed by atoms with Gasteiger partial charge in [-0.2, -0.15) is 18.2 Å². The highest BCUT2D eigenvalue weighted by Crippen LogP contribution is 2.33. The lowest BCUT2D eigenvalue weighted by atomic mass is 10.0. The van der Waals surface area contributed by atoms with Crippen LogP contribution < -0.4 is 4.90 Å². The molecular weight excluding hydrogens is 383 g/mol. The lowest BCUT2D eigenvalue weighted by Gasteiger charge is -2.16. The molecule has 1 fully saturated rings. The van der Waals surface area contributed by atoms with Crippen molar-refractivity contribution < 1.29 is 22.5 Å². The van der Waals surface area contributed by atoms with Crippen LogP contribution in [0.4, 0.5) is 18.9 Å². The third-order valence-electron chi connectivity index (χ3n) is 4.91. The number of aryl methyl sites for hydroxylation is 1. The Kier molecular flexibility index (Phi) is 4.86. The van der Waals surface area contributed by atoms with Gasteiger partial charge >= 0.3 is 6.18 Å². The molecule has 0 bridgehead atoms. The fourth-order valence-corrected chi connectivity index (χ4v) is 3.47. The Hall–Kier alpha value is -3.16. The number of nitrogens with zero attached hydrogens (tertiary/aromatic N) is 3. The highest BCUT2D eigenvalue weighted by Gasteiger charge is 2.35. The summed E-state index contributed by atoms with van der Waals surface area (Å²) in [5, 5.41) is 3.87. The molecule has 1 aliphatic heterocycles. The molecule has 29 heavy (non-hydrogen) atoms. The number of aromatic nitrogens is 2. The third kappa shape index (κ3) is 4.16. The van der Waals surface area contributed by atoms with E-state index in [0.29, 0.717) is 6.54 Å². The number of anilines is 1. The van der Waals surface area contributed by atoms with Gasteiger partial charge in [0.2, 0.25) is 17.6 Å². The minimum atomic E-state index is -4.34. The number of hydrogen-bond donors (Lipinski definition) is 0. The van der Waals surface area contributed by atoms with Gasteiger partial charge in [0.15, 0.2) is 0 Å². The minimum Gasteiger partial charge on any atom is -0.339 e. The van der Waals surface area contributed by atoms with E-state index >= 15 is 0 Å². The van der Waals surface area contributed by atoms with Crippen LogP contribution in [0.3, 0.4) is 0 Å². The lowest BCUT2D eigenvalue weighted by molar-refractivity contribution is -0.127. The van der Waals surface area contributed by atoms with Crippen LogP contribution in [0.15, 0.2) is 53.1 Å². The van der Waals surface area contributed by atoms with Gasteiger partial charge in [-0.15, -0.1) is 0 Å². The van der Waals surface area contributed by atoms with Crippen LogP contribution in [0.1, 0.15) is 29.4 Å². The molecule has 2 heterocycles. The molecule has 1 aromatic heterocycles. The topological polar surface area (TPSA) is 59.2 Å². The standard InChI is InChI=1S/C21H18F3N3O2/c1-13-6-8-16(9-7-13)27-12-15(10-18(27)28)20-25-19(26-29-20)17-5-3-2-4-14(17)11-21(22,23)24/h2-9,15H,10-12H2,1H3. The van der Waals surface area contributed by atoms with E-state index in [2.05, 4.69) is 10.1 Å². The Balaban J connectivity index is 1.56. The van der Waals surface area contributed by atoms with E-state index < -0.39 is 12.6 Å². The number of hydrogen-bond acceptors (Lipinski definition) is 4. The predicted molar refractivity (Wildman–Crippen MR) is 100 cm³/mol. The number of alkyl halides is 3. The van der Waals surface area contributed by atoms with E-state index in [1.54, 1.807) is 17.0 Å². The van der Waals surface area contributed by atoms with Gasteiger partial charge in [-0.3, -0.25) is 4.79 Å². The number of halogens is 3. The van der Waals surface area contributed by atoms with Gasteiger partial charge in [0.25, 0.3) is 0 Å². The number of benzene rings is 2. The Morgan fingerprint density at radius 1 is 1.14 bits per heavy atom. The van der Waals surface area contributed by atoms with Gasteiger partial charge in [0.1, 0.15) is 0 Å². The van der Waals surface area contributed by atoms with Crippen molar-refractivity contribution in [3.05, 3.63) is 65.5 Å². The van der Waals surface area contributed by atoms with E-state index in [-0.39, 0.29) is 41.1 Å². The molecule has 1 unspecified atom stereocenters. The van der Waals surface area contributed by atoms with Gasteiger partial charge in [0, 0.05) is 24.2 Å².